The van der Waals surface area contributed by atoms with Crippen LogP contribution < -0.4 is 0 Å². The molecule has 0 aromatic heterocycles. The minimum atomic E-state index is -1.83. The molecule has 2 N–H and O–H groups in total. The van der Waals surface area contributed by atoms with Gasteiger partial charge >= 0.3 is 6.16 Å². The van der Waals surface area contributed by atoms with Crippen molar-refractivity contribution in [2.24, 2.45) is 0 Å². The fraction of sp³-hybridized carbons (Fsp3) is 0. The number of terminal acetylenes is 1. The van der Waals surface area contributed by atoms with E-state index in [4.69, 9.17) is 15.0 Å². The van der Waals surface area contributed by atoms with Crippen molar-refractivity contribution < 1.29 is 15.0 Å². The number of rotatable bonds is 0. The first-order chi connectivity index (χ1) is 3.15. The largest absolute Gasteiger partial charge is 0.503 e. The lowest BCUT2D eigenvalue weighted by Gasteiger charge is -1.60. The van der Waals surface area contributed by atoms with Gasteiger partial charge in [-0.25, -0.2) is 4.79 Å². The highest BCUT2D eigenvalue weighted by molar-refractivity contribution is 9.12. The van der Waals surface area contributed by atoms with Crippen molar-refractivity contribution in [3.63, 3.8) is 0 Å². The highest BCUT2D eigenvalue weighted by atomic mass is 79.9. The van der Waals surface area contributed by atoms with Gasteiger partial charge in [0.1, 0.15) is 0 Å². The van der Waals surface area contributed by atoms with E-state index in [0.29, 0.717) is 0 Å². The van der Waals surface area contributed by atoms with E-state index in [1.54, 1.807) is 0 Å². The molecule has 0 rings (SSSR count). The summed E-state index contributed by atoms with van der Waals surface area (Å²) in [4.78, 5) is 10.6. The van der Waals surface area contributed by atoms with Gasteiger partial charge in [0.25, 0.3) is 0 Å². The summed E-state index contributed by atoms with van der Waals surface area (Å²) >= 11 is 2.67. The lowest BCUT2D eigenvalue weighted by Crippen LogP contribution is -1.81. The fourth-order valence-electron chi connectivity index (χ4n) is 0. The average Bonchev–Trinajstić information content (AvgIpc) is 1.33. The second-order valence-corrected chi connectivity index (χ2v) is 0.850. The van der Waals surface area contributed by atoms with Crippen LogP contribution in [0.2, 0.25) is 0 Å². The standard InChI is InChI=1S/C2HBr.CH2O3/c1-2-3;2-1(3)4/h1H;(H2,2,3,4). The molecule has 0 unspecified atom stereocenters. The third-order valence-corrected chi connectivity index (χ3v) is 0. The van der Waals surface area contributed by atoms with Crippen molar-refractivity contribution in [3.05, 3.63) is 0 Å². The smallest absolute Gasteiger partial charge is 0.450 e. The van der Waals surface area contributed by atoms with Gasteiger partial charge in [-0.15, -0.1) is 6.42 Å². The average molecular weight is 167 g/mol. The molecule has 0 saturated heterocycles. The summed E-state index contributed by atoms with van der Waals surface area (Å²) in [6.07, 6.45) is 2.68. The lowest BCUT2D eigenvalue weighted by atomic mass is 11.4. The first-order valence-corrected chi connectivity index (χ1v) is 1.92. The summed E-state index contributed by atoms with van der Waals surface area (Å²) in [5.41, 5.74) is 0. The van der Waals surface area contributed by atoms with E-state index in [1.165, 1.54) is 0 Å². The molecule has 0 aliphatic carbocycles. The summed E-state index contributed by atoms with van der Waals surface area (Å²) in [6, 6.07) is 0. The molecule has 3 nitrogen and oxygen atoms in total. The third kappa shape index (κ3) is 122. The molecule has 0 spiro atoms. The molecule has 0 heterocycles. The quantitative estimate of drug-likeness (QED) is 0.532. The van der Waals surface area contributed by atoms with Crippen molar-refractivity contribution >= 4 is 22.1 Å². The van der Waals surface area contributed by atoms with E-state index in [2.05, 4.69) is 27.2 Å². The van der Waals surface area contributed by atoms with Crippen LogP contribution in [0.5, 0.6) is 0 Å². The van der Waals surface area contributed by atoms with Gasteiger partial charge in [-0.1, -0.05) is 0 Å². The molecule has 0 radical (unpaired) electrons. The van der Waals surface area contributed by atoms with Crippen molar-refractivity contribution in [1.82, 2.24) is 0 Å². The fourth-order valence-corrected chi connectivity index (χ4v) is 0. The Labute approximate surface area is 49.1 Å². The van der Waals surface area contributed by atoms with Crippen LogP contribution >= 0.6 is 15.9 Å². The summed E-state index contributed by atoms with van der Waals surface area (Å²) in [5, 5.41) is 13.9. The summed E-state index contributed by atoms with van der Waals surface area (Å²) in [7, 11) is 0. The molecule has 0 aromatic rings. The number of hydrogen-bond donors (Lipinski definition) is 2. The van der Waals surface area contributed by atoms with Crippen molar-refractivity contribution in [2.75, 3.05) is 0 Å². The number of halogens is 1. The van der Waals surface area contributed by atoms with Crippen LogP contribution in [0.4, 0.5) is 4.79 Å². The van der Waals surface area contributed by atoms with Gasteiger partial charge in [0, 0.05) is 15.9 Å². The molecule has 0 fully saturated rings. The van der Waals surface area contributed by atoms with Crippen molar-refractivity contribution in [1.29, 1.82) is 0 Å². The van der Waals surface area contributed by atoms with Gasteiger partial charge in [0.2, 0.25) is 0 Å². The predicted octanol–water partition coefficient (Wildman–Crippen LogP) is 1.19. The predicted molar refractivity (Wildman–Crippen MR) is 28.4 cm³/mol. The first-order valence-electron chi connectivity index (χ1n) is 1.13. The van der Waals surface area contributed by atoms with Crippen molar-refractivity contribution in [3.8, 4) is 11.3 Å². The Morgan fingerprint density at radius 3 is 1.71 bits per heavy atom. The minimum absolute atomic E-state index is 1.83. The number of carbonyl (C=O) groups is 1. The molecular formula is C3H3BrO3. The zero-order valence-corrected chi connectivity index (χ0v) is 4.84. The molecule has 0 bridgehead atoms. The van der Waals surface area contributed by atoms with Gasteiger partial charge in [-0.05, 0) is 4.83 Å². The maximum Gasteiger partial charge on any atom is 0.503 e. The topological polar surface area (TPSA) is 57.5 Å². The van der Waals surface area contributed by atoms with Crippen LogP contribution in [0.3, 0.4) is 0 Å². The Balaban J connectivity index is 0. The molecule has 0 saturated carbocycles. The zero-order chi connectivity index (χ0) is 6.28. The Morgan fingerprint density at radius 1 is 1.71 bits per heavy atom. The Morgan fingerprint density at radius 2 is 1.71 bits per heavy atom. The summed E-state index contributed by atoms with van der Waals surface area (Å²) in [5.74, 6) is 0. The monoisotopic (exact) mass is 166 g/mol. The Bertz CT molecular complexity index is 78.7. The van der Waals surface area contributed by atoms with E-state index in [0.717, 1.165) is 0 Å². The Hall–Kier alpha value is -0.690. The first kappa shape index (κ1) is 9.58. The molecule has 0 aliphatic heterocycles. The van der Waals surface area contributed by atoms with Gasteiger partial charge in [-0.2, -0.15) is 0 Å². The molecule has 0 atom stereocenters. The maximum absolute atomic E-state index is 8.56. The van der Waals surface area contributed by atoms with E-state index in [9.17, 15) is 0 Å². The molecule has 0 aromatic carbocycles. The van der Waals surface area contributed by atoms with E-state index < -0.39 is 6.16 Å². The van der Waals surface area contributed by atoms with Crippen LogP contribution in [0.25, 0.3) is 0 Å². The highest BCUT2D eigenvalue weighted by Crippen LogP contribution is 1.58. The minimum Gasteiger partial charge on any atom is -0.450 e. The molecule has 0 amide bonds. The third-order valence-electron chi connectivity index (χ3n) is 0. The van der Waals surface area contributed by atoms with Crippen LogP contribution in [-0.4, -0.2) is 16.4 Å². The van der Waals surface area contributed by atoms with Gasteiger partial charge in [0.05, 0.1) is 0 Å². The molecule has 7 heavy (non-hydrogen) atoms. The second-order valence-electron chi connectivity index (χ2n) is 0.392. The number of hydrogen-bond acceptors (Lipinski definition) is 1. The Kier molecular flexibility index (Phi) is 12.3. The van der Waals surface area contributed by atoms with Crippen LogP contribution in [0, 0.1) is 11.3 Å². The lowest BCUT2D eigenvalue weighted by molar-refractivity contribution is 0.137. The second kappa shape index (κ2) is 9.00. The normalized spacial score (nSPS) is 4.57. The van der Waals surface area contributed by atoms with E-state index in [1.807, 2.05) is 0 Å². The van der Waals surface area contributed by atoms with Crippen LogP contribution in [0.15, 0.2) is 0 Å². The van der Waals surface area contributed by atoms with Gasteiger partial charge < -0.3 is 10.2 Å². The highest BCUT2D eigenvalue weighted by Gasteiger charge is 1.70. The summed E-state index contributed by atoms with van der Waals surface area (Å²) < 4.78 is 0. The van der Waals surface area contributed by atoms with Gasteiger partial charge in [-0.3, -0.25) is 0 Å². The van der Waals surface area contributed by atoms with E-state index >= 15 is 0 Å². The van der Waals surface area contributed by atoms with Crippen LogP contribution in [0.1, 0.15) is 0 Å². The molecular weight excluding hydrogens is 164 g/mol. The summed E-state index contributed by atoms with van der Waals surface area (Å²) in [6.45, 7) is 0. The number of carboxylic acid groups (broad SMARTS) is 2. The zero-order valence-electron chi connectivity index (χ0n) is 3.26. The maximum atomic E-state index is 8.56. The van der Waals surface area contributed by atoms with Crippen LogP contribution in [-0.2, 0) is 0 Å². The van der Waals surface area contributed by atoms with Crippen molar-refractivity contribution in [2.45, 2.75) is 0 Å². The van der Waals surface area contributed by atoms with Gasteiger partial charge in [0.15, 0.2) is 0 Å². The van der Waals surface area contributed by atoms with E-state index in [-0.39, 0.29) is 0 Å². The molecule has 4 heteroatoms. The SMILES string of the molecule is C#CBr.O=C(O)O. The molecule has 0 aliphatic rings. The molecule has 40 valence electrons.